The second kappa shape index (κ2) is 9.64. The fourth-order valence-corrected chi connectivity index (χ4v) is 4.27. The average Bonchev–Trinajstić information content (AvgIpc) is 3.15. The zero-order chi connectivity index (χ0) is 21.8. The molecule has 0 aliphatic carbocycles. The van der Waals surface area contributed by atoms with Gasteiger partial charge < -0.3 is 19.9 Å². The lowest BCUT2D eigenvalue weighted by Crippen LogP contribution is -2.44. The summed E-state index contributed by atoms with van der Waals surface area (Å²) in [6.07, 6.45) is 1.70. The number of amides is 1. The molecule has 31 heavy (non-hydrogen) atoms. The minimum absolute atomic E-state index is 0.193. The minimum atomic E-state index is -0.193. The first-order valence-corrected chi connectivity index (χ1v) is 11.2. The van der Waals surface area contributed by atoms with Crippen molar-refractivity contribution < 1.29 is 9.53 Å². The van der Waals surface area contributed by atoms with E-state index in [4.69, 9.17) is 16.3 Å². The highest BCUT2D eigenvalue weighted by molar-refractivity contribution is 7.13. The van der Waals surface area contributed by atoms with Gasteiger partial charge in [-0.05, 0) is 50.4 Å². The number of carbonyl (C=O) groups is 1. The van der Waals surface area contributed by atoms with Crippen LogP contribution in [-0.2, 0) is 6.61 Å². The lowest BCUT2D eigenvalue weighted by atomic mass is 10.3. The number of piperazine rings is 1. The van der Waals surface area contributed by atoms with Crippen LogP contribution in [0.5, 0.6) is 5.75 Å². The predicted octanol–water partition coefficient (Wildman–Crippen LogP) is 4.08. The van der Waals surface area contributed by atoms with E-state index in [1.165, 1.54) is 11.3 Å². The van der Waals surface area contributed by atoms with Crippen molar-refractivity contribution in [2.45, 2.75) is 13.5 Å². The van der Waals surface area contributed by atoms with Gasteiger partial charge >= 0.3 is 0 Å². The molecule has 0 atom stereocenters. The van der Waals surface area contributed by atoms with Gasteiger partial charge in [-0.25, -0.2) is 9.97 Å². The Morgan fingerprint density at radius 2 is 1.90 bits per heavy atom. The van der Waals surface area contributed by atoms with Crippen molar-refractivity contribution >= 4 is 40.4 Å². The first-order valence-electron chi connectivity index (χ1n) is 10.0. The van der Waals surface area contributed by atoms with Crippen molar-refractivity contribution in [2.24, 2.45) is 0 Å². The highest BCUT2D eigenvalue weighted by atomic mass is 35.5. The number of nitrogens with zero attached hydrogens (tertiary/aromatic N) is 4. The molecule has 0 radical (unpaired) electrons. The van der Waals surface area contributed by atoms with Crippen LogP contribution >= 0.6 is 22.9 Å². The number of carbonyl (C=O) groups excluding carboxylic acids is 1. The second-order valence-corrected chi connectivity index (χ2v) is 8.93. The van der Waals surface area contributed by atoms with Crippen molar-refractivity contribution in [3.63, 3.8) is 0 Å². The third-order valence-corrected chi connectivity index (χ3v) is 6.44. The van der Waals surface area contributed by atoms with Gasteiger partial charge in [-0.15, -0.1) is 11.3 Å². The summed E-state index contributed by atoms with van der Waals surface area (Å²) in [4.78, 5) is 26.9. The van der Waals surface area contributed by atoms with Crippen molar-refractivity contribution in [2.75, 3.05) is 43.4 Å². The fourth-order valence-electron chi connectivity index (χ4n) is 3.27. The molecule has 1 aromatic carbocycles. The van der Waals surface area contributed by atoms with Gasteiger partial charge in [-0.3, -0.25) is 4.79 Å². The predicted molar refractivity (Wildman–Crippen MR) is 125 cm³/mol. The maximum absolute atomic E-state index is 12.7. The van der Waals surface area contributed by atoms with Crippen LogP contribution in [0.3, 0.4) is 0 Å². The minimum Gasteiger partial charge on any atom is -0.486 e. The van der Waals surface area contributed by atoms with Crippen molar-refractivity contribution in [1.82, 2.24) is 14.9 Å². The summed E-state index contributed by atoms with van der Waals surface area (Å²) in [5.41, 5.74) is 1.34. The summed E-state index contributed by atoms with van der Waals surface area (Å²) in [6.45, 7) is 6.07. The fraction of sp³-hybridized carbons (Fsp3) is 0.318. The van der Waals surface area contributed by atoms with Crippen LogP contribution in [-0.4, -0.2) is 54.0 Å². The Bertz CT molecular complexity index is 1030. The van der Waals surface area contributed by atoms with E-state index >= 15 is 0 Å². The second-order valence-electron chi connectivity index (χ2n) is 7.41. The van der Waals surface area contributed by atoms with Gasteiger partial charge in [0.1, 0.15) is 28.1 Å². The molecule has 0 spiro atoms. The number of hydrogen-bond acceptors (Lipinski definition) is 7. The molecule has 7 nitrogen and oxygen atoms in total. The van der Waals surface area contributed by atoms with Gasteiger partial charge in [0, 0.05) is 31.2 Å². The lowest BCUT2D eigenvalue weighted by Gasteiger charge is -2.33. The molecule has 9 heteroatoms. The quantitative estimate of drug-likeness (QED) is 0.601. The number of aryl methyl sites for hydroxylation is 1. The van der Waals surface area contributed by atoms with Crippen LogP contribution < -0.4 is 15.0 Å². The summed E-state index contributed by atoms with van der Waals surface area (Å²) >= 11 is 7.22. The van der Waals surface area contributed by atoms with E-state index in [0.29, 0.717) is 33.6 Å². The highest BCUT2D eigenvalue weighted by Gasteiger charge is 2.18. The number of thiazole rings is 1. The van der Waals surface area contributed by atoms with Crippen molar-refractivity contribution in [3.8, 4) is 5.75 Å². The molecule has 1 aliphatic heterocycles. The number of aromatic nitrogens is 2. The average molecular weight is 458 g/mol. The number of halogens is 1. The number of ether oxygens (including phenoxy) is 1. The van der Waals surface area contributed by atoms with E-state index in [1.54, 1.807) is 30.5 Å². The first-order chi connectivity index (χ1) is 15.0. The van der Waals surface area contributed by atoms with Gasteiger partial charge in [0.25, 0.3) is 5.91 Å². The largest absolute Gasteiger partial charge is 0.486 e. The molecule has 3 heterocycles. The van der Waals surface area contributed by atoms with Gasteiger partial charge in [0.15, 0.2) is 0 Å². The third kappa shape index (κ3) is 5.52. The topological polar surface area (TPSA) is 70.6 Å². The molecule has 0 saturated carbocycles. The highest BCUT2D eigenvalue weighted by Crippen LogP contribution is 2.23. The van der Waals surface area contributed by atoms with Crippen LogP contribution in [0.2, 0.25) is 5.02 Å². The molecule has 1 fully saturated rings. The number of benzene rings is 1. The molecular weight excluding hydrogens is 434 g/mol. The summed E-state index contributed by atoms with van der Waals surface area (Å²) in [5.74, 6) is 1.44. The molecule has 2 aromatic heterocycles. The Hall–Kier alpha value is -2.68. The van der Waals surface area contributed by atoms with E-state index in [9.17, 15) is 4.79 Å². The molecule has 0 unspecified atom stereocenters. The lowest BCUT2D eigenvalue weighted by molar-refractivity contribution is 0.102. The molecule has 0 bridgehead atoms. The number of rotatable bonds is 6. The Balaban J connectivity index is 1.35. The normalized spacial score (nSPS) is 14.5. The number of nitrogens with one attached hydrogen (secondary N) is 1. The Morgan fingerprint density at radius 3 is 2.58 bits per heavy atom. The van der Waals surface area contributed by atoms with Crippen molar-refractivity contribution in [1.29, 1.82) is 0 Å². The molecule has 1 saturated heterocycles. The van der Waals surface area contributed by atoms with Gasteiger partial charge in [-0.1, -0.05) is 11.6 Å². The molecule has 1 amide bonds. The smallest absolute Gasteiger partial charge is 0.267 e. The van der Waals surface area contributed by atoms with Crippen LogP contribution in [0.25, 0.3) is 0 Å². The number of likely N-dealkylation sites (N-methyl/N-ethyl adjacent to an activating group) is 1. The number of pyridine rings is 1. The van der Waals surface area contributed by atoms with Crippen LogP contribution in [0.15, 0.2) is 42.6 Å². The van der Waals surface area contributed by atoms with E-state index in [-0.39, 0.29) is 5.91 Å². The van der Waals surface area contributed by atoms with Crippen LogP contribution in [0, 0.1) is 6.92 Å². The SMILES string of the molecule is Cc1nc(COc2ccc(Cl)cc2)sc1C(=O)Nc1ccc(N2CCN(C)CC2)nc1. The standard InChI is InChI=1S/C22H24ClN5O2S/c1-15-21(31-20(25-15)14-30-18-6-3-16(23)4-7-18)22(29)26-17-5-8-19(24-13-17)28-11-9-27(2)10-12-28/h3-8,13H,9-12,14H2,1-2H3,(H,26,29). The van der Waals surface area contributed by atoms with Crippen LogP contribution in [0.1, 0.15) is 20.4 Å². The summed E-state index contributed by atoms with van der Waals surface area (Å²) < 4.78 is 5.73. The molecule has 162 valence electrons. The summed E-state index contributed by atoms with van der Waals surface area (Å²) in [5, 5.41) is 4.31. The van der Waals surface area contributed by atoms with E-state index in [1.807, 2.05) is 19.1 Å². The zero-order valence-electron chi connectivity index (χ0n) is 17.5. The molecular formula is C22H24ClN5O2S. The number of hydrogen-bond donors (Lipinski definition) is 1. The zero-order valence-corrected chi connectivity index (χ0v) is 19.0. The van der Waals surface area contributed by atoms with Crippen molar-refractivity contribution in [3.05, 3.63) is 63.2 Å². The van der Waals surface area contributed by atoms with Gasteiger partial charge in [0.2, 0.25) is 0 Å². The maximum Gasteiger partial charge on any atom is 0.267 e. The first kappa shape index (κ1) is 21.5. The summed E-state index contributed by atoms with van der Waals surface area (Å²) in [6, 6.07) is 11.0. The van der Waals surface area contributed by atoms with E-state index < -0.39 is 0 Å². The monoisotopic (exact) mass is 457 g/mol. The molecule has 3 aromatic rings. The molecule has 1 N–H and O–H groups in total. The molecule has 4 rings (SSSR count). The summed E-state index contributed by atoms with van der Waals surface area (Å²) in [7, 11) is 2.13. The number of anilines is 2. The van der Waals surface area contributed by atoms with Gasteiger partial charge in [0.05, 0.1) is 17.6 Å². The Kier molecular flexibility index (Phi) is 6.70. The Morgan fingerprint density at radius 1 is 1.16 bits per heavy atom. The van der Waals surface area contributed by atoms with E-state index in [0.717, 1.165) is 37.0 Å². The maximum atomic E-state index is 12.7. The molecule has 1 aliphatic rings. The van der Waals surface area contributed by atoms with Crippen LogP contribution in [0.4, 0.5) is 11.5 Å². The Labute approximate surface area is 190 Å². The van der Waals surface area contributed by atoms with Gasteiger partial charge in [-0.2, -0.15) is 0 Å². The third-order valence-electron chi connectivity index (χ3n) is 5.06. The van der Waals surface area contributed by atoms with E-state index in [2.05, 4.69) is 32.1 Å².